The number of aryl methyl sites for hydroxylation is 2. The average molecular weight is 351 g/mol. The van der Waals surface area contributed by atoms with Gasteiger partial charge in [-0.05, 0) is 43.7 Å². The zero-order valence-electron chi connectivity index (χ0n) is 13.9. The molecule has 23 heavy (non-hydrogen) atoms. The van der Waals surface area contributed by atoms with Gasteiger partial charge in [-0.3, -0.25) is 4.99 Å². The molecule has 0 aliphatic carbocycles. The summed E-state index contributed by atoms with van der Waals surface area (Å²) in [5.74, 6) is 0. The van der Waals surface area contributed by atoms with Crippen LogP contribution in [0.5, 0.6) is 0 Å². The zero-order chi connectivity index (χ0) is 17.0. The van der Waals surface area contributed by atoms with E-state index in [1.165, 1.54) is 9.18 Å². The Morgan fingerprint density at radius 2 is 1.83 bits per heavy atom. The van der Waals surface area contributed by atoms with Crippen LogP contribution >= 0.6 is 11.3 Å². The largest absolute Gasteiger partial charge is 0.254 e. The van der Waals surface area contributed by atoms with Crippen LogP contribution < -0.4 is 0 Å². The molecule has 1 aromatic heterocycles. The van der Waals surface area contributed by atoms with Gasteiger partial charge < -0.3 is 0 Å². The van der Waals surface area contributed by atoms with Gasteiger partial charge in [-0.15, -0.1) is 11.3 Å². The van der Waals surface area contributed by atoms with Crippen molar-refractivity contribution in [2.75, 3.05) is 13.1 Å². The lowest BCUT2D eigenvalue weighted by Gasteiger charge is -2.19. The second-order valence-electron chi connectivity index (χ2n) is 5.27. The molecule has 4 nitrogen and oxygen atoms in total. The van der Waals surface area contributed by atoms with Gasteiger partial charge >= 0.3 is 0 Å². The lowest BCUT2D eigenvalue weighted by molar-refractivity contribution is 0.445. The predicted octanol–water partition coefficient (Wildman–Crippen LogP) is 4.15. The van der Waals surface area contributed by atoms with Crippen LogP contribution in [0.4, 0.5) is 5.69 Å². The molecule has 124 valence electrons. The standard InChI is InChI=1S/C17H22N2O2S2/c1-5-19(6-2)23(20,21)17-11-13(3)7-10-16(17)18-12-15-9-8-14(4)22-15/h7-12H,5-6H2,1-4H3. The van der Waals surface area contributed by atoms with Gasteiger partial charge in [0.15, 0.2) is 0 Å². The topological polar surface area (TPSA) is 49.7 Å². The number of rotatable bonds is 6. The molecule has 1 heterocycles. The number of benzene rings is 1. The number of aliphatic imine (C=N–C) groups is 1. The molecule has 0 atom stereocenters. The van der Waals surface area contributed by atoms with E-state index in [9.17, 15) is 8.42 Å². The number of hydrogen-bond donors (Lipinski definition) is 0. The molecule has 0 fully saturated rings. The molecule has 0 amide bonds. The van der Waals surface area contributed by atoms with E-state index in [0.29, 0.717) is 18.8 Å². The fourth-order valence-electron chi connectivity index (χ4n) is 2.29. The van der Waals surface area contributed by atoms with Crippen LogP contribution in [0.25, 0.3) is 0 Å². The lowest BCUT2D eigenvalue weighted by Crippen LogP contribution is -2.30. The molecule has 0 N–H and O–H groups in total. The molecule has 0 spiro atoms. The van der Waals surface area contributed by atoms with E-state index in [1.54, 1.807) is 29.7 Å². The number of thiophene rings is 1. The first-order valence-corrected chi connectivity index (χ1v) is 9.85. The van der Waals surface area contributed by atoms with Crippen molar-refractivity contribution in [3.8, 4) is 0 Å². The van der Waals surface area contributed by atoms with Crippen LogP contribution in [0.2, 0.25) is 0 Å². The first kappa shape index (κ1) is 17.8. The Morgan fingerprint density at radius 1 is 1.13 bits per heavy atom. The Hall–Kier alpha value is -1.50. The van der Waals surface area contributed by atoms with Gasteiger partial charge in [-0.2, -0.15) is 4.31 Å². The highest BCUT2D eigenvalue weighted by atomic mass is 32.2. The number of hydrogen-bond acceptors (Lipinski definition) is 4. The second-order valence-corrected chi connectivity index (χ2v) is 8.49. The summed E-state index contributed by atoms with van der Waals surface area (Å²) < 4.78 is 27.1. The monoisotopic (exact) mass is 350 g/mol. The summed E-state index contributed by atoms with van der Waals surface area (Å²) in [4.78, 5) is 6.91. The van der Waals surface area contributed by atoms with Crippen molar-refractivity contribution in [1.29, 1.82) is 0 Å². The molecule has 0 saturated heterocycles. The Balaban J connectivity index is 2.47. The highest BCUT2D eigenvalue weighted by Crippen LogP contribution is 2.28. The molecular weight excluding hydrogens is 328 g/mol. The van der Waals surface area contributed by atoms with Gasteiger partial charge in [0, 0.05) is 29.1 Å². The minimum atomic E-state index is -3.53. The predicted molar refractivity (Wildman–Crippen MR) is 97.6 cm³/mol. The minimum Gasteiger partial charge on any atom is -0.254 e. The fourth-order valence-corrected chi connectivity index (χ4v) is 4.72. The number of nitrogens with zero attached hydrogens (tertiary/aromatic N) is 2. The van der Waals surface area contributed by atoms with E-state index >= 15 is 0 Å². The summed E-state index contributed by atoms with van der Waals surface area (Å²) in [5, 5.41) is 0. The summed E-state index contributed by atoms with van der Waals surface area (Å²) in [7, 11) is -3.53. The van der Waals surface area contributed by atoms with Crippen LogP contribution in [0.15, 0.2) is 40.2 Å². The van der Waals surface area contributed by atoms with Crippen molar-refractivity contribution in [2.24, 2.45) is 4.99 Å². The maximum atomic E-state index is 12.8. The maximum absolute atomic E-state index is 12.8. The smallest absolute Gasteiger partial charge is 0.245 e. The summed E-state index contributed by atoms with van der Waals surface area (Å²) in [6.07, 6.45) is 1.73. The Kier molecular flexibility index (Phi) is 5.73. The molecule has 6 heteroatoms. The maximum Gasteiger partial charge on any atom is 0.245 e. The Bertz CT molecular complexity index is 804. The molecular formula is C17H22N2O2S2. The van der Waals surface area contributed by atoms with Crippen molar-refractivity contribution in [2.45, 2.75) is 32.6 Å². The van der Waals surface area contributed by atoms with Crippen LogP contribution in [0.3, 0.4) is 0 Å². The van der Waals surface area contributed by atoms with Gasteiger partial charge in [0.05, 0.1) is 5.69 Å². The summed E-state index contributed by atoms with van der Waals surface area (Å²) in [6, 6.07) is 9.35. The Labute approximate surface area is 142 Å². The van der Waals surface area contributed by atoms with Crippen molar-refractivity contribution >= 4 is 33.3 Å². The summed E-state index contributed by atoms with van der Waals surface area (Å²) in [6.45, 7) is 8.49. The van der Waals surface area contributed by atoms with Gasteiger partial charge in [0.25, 0.3) is 0 Å². The molecule has 0 bridgehead atoms. The van der Waals surface area contributed by atoms with Crippen molar-refractivity contribution < 1.29 is 8.42 Å². The summed E-state index contributed by atoms with van der Waals surface area (Å²) in [5.41, 5.74) is 1.38. The van der Waals surface area contributed by atoms with Gasteiger partial charge in [0.2, 0.25) is 10.0 Å². The van der Waals surface area contributed by atoms with E-state index in [2.05, 4.69) is 4.99 Å². The fraction of sp³-hybridized carbons (Fsp3) is 0.353. The first-order valence-electron chi connectivity index (χ1n) is 7.59. The van der Waals surface area contributed by atoms with E-state index in [4.69, 9.17) is 0 Å². The van der Waals surface area contributed by atoms with Crippen LogP contribution in [-0.2, 0) is 10.0 Å². The molecule has 2 rings (SSSR count). The molecule has 2 aromatic rings. The SMILES string of the molecule is CCN(CC)S(=O)(=O)c1cc(C)ccc1N=Cc1ccc(C)s1. The highest BCUT2D eigenvalue weighted by Gasteiger charge is 2.24. The third-order valence-electron chi connectivity index (χ3n) is 3.53. The average Bonchev–Trinajstić information content (AvgIpc) is 2.92. The molecule has 0 aliphatic heterocycles. The summed E-state index contributed by atoms with van der Waals surface area (Å²) >= 11 is 1.63. The quantitative estimate of drug-likeness (QED) is 0.735. The first-order chi connectivity index (χ1) is 10.9. The second kappa shape index (κ2) is 7.38. The molecule has 0 aliphatic rings. The minimum absolute atomic E-state index is 0.269. The van der Waals surface area contributed by atoms with E-state index in [0.717, 1.165) is 10.4 Å². The normalized spacial score (nSPS) is 12.4. The third-order valence-corrected chi connectivity index (χ3v) is 6.54. The van der Waals surface area contributed by atoms with Gasteiger partial charge in [-0.25, -0.2) is 8.42 Å². The van der Waals surface area contributed by atoms with Crippen LogP contribution in [0, 0.1) is 13.8 Å². The van der Waals surface area contributed by atoms with E-state index in [1.807, 2.05) is 45.9 Å². The number of sulfonamides is 1. The zero-order valence-corrected chi connectivity index (χ0v) is 15.5. The third kappa shape index (κ3) is 4.07. The van der Waals surface area contributed by atoms with E-state index in [-0.39, 0.29) is 4.90 Å². The molecule has 0 unspecified atom stereocenters. The highest BCUT2D eigenvalue weighted by molar-refractivity contribution is 7.89. The van der Waals surface area contributed by atoms with Crippen LogP contribution in [0.1, 0.15) is 29.2 Å². The van der Waals surface area contributed by atoms with Crippen molar-refractivity contribution in [3.63, 3.8) is 0 Å². The van der Waals surface area contributed by atoms with Crippen molar-refractivity contribution in [1.82, 2.24) is 4.31 Å². The van der Waals surface area contributed by atoms with Crippen molar-refractivity contribution in [3.05, 3.63) is 45.6 Å². The Morgan fingerprint density at radius 3 is 2.39 bits per heavy atom. The molecule has 1 aromatic carbocycles. The van der Waals surface area contributed by atoms with Gasteiger partial charge in [0.1, 0.15) is 4.90 Å². The molecule has 0 radical (unpaired) electrons. The van der Waals surface area contributed by atoms with E-state index < -0.39 is 10.0 Å². The van der Waals surface area contributed by atoms with Crippen LogP contribution in [-0.4, -0.2) is 32.0 Å². The lowest BCUT2D eigenvalue weighted by atomic mass is 10.2. The molecule has 0 saturated carbocycles. The van der Waals surface area contributed by atoms with Gasteiger partial charge in [-0.1, -0.05) is 19.9 Å².